The van der Waals surface area contributed by atoms with E-state index >= 15 is 0 Å². The average Bonchev–Trinajstić information content (AvgIpc) is 2.83. The molecule has 1 heterocycles. The van der Waals surface area contributed by atoms with E-state index < -0.39 is 29.3 Å². The SMILES string of the molecule is CC(C)(C)OC(=O)[C@@H](N)Cc1cn(C(=O)OC(C)(C)C)c2ccccc12. The van der Waals surface area contributed by atoms with Gasteiger partial charge in [0.05, 0.1) is 5.52 Å². The Labute approximate surface area is 154 Å². The predicted molar refractivity (Wildman–Crippen MR) is 101 cm³/mol. The molecule has 0 saturated heterocycles. The second kappa shape index (κ2) is 7.11. The quantitative estimate of drug-likeness (QED) is 0.845. The molecule has 0 saturated carbocycles. The molecule has 26 heavy (non-hydrogen) atoms. The van der Waals surface area contributed by atoms with Crippen molar-refractivity contribution in [3.8, 4) is 0 Å². The van der Waals surface area contributed by atoms with Crippen molar-refractivity contribution < 1.29 is 19.1 Å². The third-order valence-corrected chi connectivity index (χ3v) is 3.53. The molecule has 6 nitrogen and oxygen atoms in total. The number of esters is 1. The number of carbonyl (C=O) groups excluding carboxylic acids is 2. The van der Waals surface area contributed by atoms with Gasteiger partial charge in [-0.2, -0.15) is 0 Å². The van der Waals surface area contributed by atoms with E-state index in [1.807, 2.05) is 45.0 Å². The molecule has 6 heteroatoms. The predicted octanol–water partition coefficient (Wildman–Crippen LogP) is 3.64. The molecule has 1 aromatic heterocycles. The van der Waals surface area contributed by atoms with Gasteiger partial charge in [-0.15, -0.1) is 0 Å². The van der Waals surface area contributed by atoms with Crippen molar-refractivity contribution >= 4 is 23.0 Å². The summed E-state index contributed by atoms with van der Waals surface area (Å²) in [7, 11) is 0. The zero-order valence-electron chi connectivity index (χ0n) is 16.3. The Balaban J connectivity index is 2.31. The molecule has 0 amide bonds. The zero-order valence-corrected chi connectivity index (χ0v) is 16.3. The van der Waals surface area contributed by atoms with E-state index in [1.165, 1.54) is 4.57 Å². The van der Waals surface area contributed by atoms with Crippen molar-refractivity contribution in [3.05, 3.63) is 36.0 Å². The van der Waals surface area contributed by atoms with Crippen LogP contribution in [0.3, 0.4) is 0 Å². The number of rotatable bonds is 3. The highest BCUT2D eigenvalue weighted by Gasteiger charge is 2.25. The molecule has 0 radical (unpaired) electrons. The maximum absolute atomic E-state index is 12.5. The highest BCUT2D eigenvalue weighted by Crippen LogP contribution is 2.24. The number of ether oxygens (including phenoxy) is 2. The normalized spacial score (nSPS) is 13.5. The Morgan fingerprint density at radius 3 is 2.19 bits per heavy atom. The van der Waals surface area contributed by atoms with Gasteiger partial charge in [-0.3, -0.25) is 9.36 Å². The van der Waals surface area contributed by atoms with E-state index in [-0.39, 0.29) is 6.42 Å². The largest absolute Gasteiger partial charge is 0.459 e. The molecule has 1 atom stereocenters. The molecule has 0 unspecified atom stereocenters. The van der Waals surface area contributed by atoms with Crippen molar-refractivity contribution in [1.29, 1.82) is 0 Å². The Morgan fingerprint density at radius 1 is 1.04 bits per heavy atom. The van der Waals surface area contributed by atoms with Gasteiger partial charge in [0.2, 0.25) is 0 Å². The van der Waals surface area contributed by atoms with Crippen LogP contribution in [-0.4, -0.2) is 33.9 Å². The van der Waals surface area contributed by atoms with Crippen molar-refractivity contribution in [1.82, 2.24) is 4.57 Å². The number of benzene rings is 1. The topological polar surface area (TPSA) is 83.5 Å². The molecule has 0 spiro atoms. The van der Waals surface area contributed by atoms with Gasteiger partial charge in [0.1, 0.15) is 17.2 Å². The monoisotopic (exact) mass is 360 g/mol. The van der Waals surface area contributed by atoms with E-state index in [1.54, 1.807) is 27.0 Å². The third kappa shape index (κ3) is 5.08. The van der Waals surface area contributed by atoms with E-state index in [0.29, 0.717) is 5.52 Å². The van der Waals surface area contributed by atoms with Gasteiger partial charge in [-0.25, -0.2) is 4.79 Å². The minimum absolute atomic E-state index is 0.269. The molecule has 2 N–H and O–H groups in total. The van der Waals surface area contributed by atoms with Crippen molar-refractivity contribution in [2.24, 2.45) is 5.73 Å². The number of nitrogens with two attached hydrogens (primary N) is 1. The van der Waals surface area contributed by atoms with Crippen LogP contribution in [0.25, 0.3) is 10.9 Å². The summed E-state index contributed by atoms with van der Waals surface area (Å²) in [5, 5.41) is 0.859. The van der Waals surface area contributed by atoms with Crippen LogP contribution in [-0.2, 0) is 20.7 Å². The first-order chi connectivity index (χ1) is 11.9. The number of nitrogens with zero attached hydrogens (tertiary/aromatic N) is 1. The lowest BCUT2D eigenvalue weighted by atomic mass is 10.1. The molecule has 1 aromatic carbocycles. The van der Waals surface area contributed by atoms with E-state index in [9.17, 15) is 9.59 Å². The standard InChI is InChI=1S/C20H28N2O4/c1-19(2,3)25-17(23)15(21)11-13-12-22(18(24)26-20(4,5)6)16-10-8-7-9-14(13)16/h7-10,12,15H,11,21H2,1-6H3/t15-/m0/s1. The average molecular weight is 360 g/mol. The third-order valence-electron chi connectivity index (χ3n) is 3.53. The second-order valence-corrected chi connectivity index (χ2v) is 8.37. The molecule has 142 valence electrons. The van der Waals surface area contributed by atoms with E-state index in [4.69, 9.17) is 15.2 Å². The zero-order chi connectivity index (χ0) is 19.7. The molecule has 0 aliphatic carbocycles. The van der Waals surface area contributed by atoms with Crippen molar-refractivity contribution in [3.63, 3.8) is 0 Å². The summed E-state index contributed by atoms with van der Waals surface area (Å²) in [6.45, 7) is 10.8. The lowest BCUT2D eigenvalue weighted by Crippen LogP contribution is -2.38. The summed E-state index contributed by atoms with van der Waals surface area (Å²) in [5.74, 6) is -0.466. The van der Waals surface area contributed by atoms with Crippen LogP contribution in [0.2, 0.25) is 0 Å². The van der Waals surface area contributed by atoms with Crippen LogP contribution in [0, 0.1) is 0 Å². The molecule has 0 bridgehead atoms. The molecular weight excluding hydrogens is 332 g/mol. The lowest BCUT2D eigenvalue weighted by molar-refractivity contribution is -0.156. The molecule has 0 fully saturated rings. The highest BCUT2D eigenvalue weighted by molar-refractivity contribution is 5.92. The number of carbonyl (C=O) groups is 2. The number of aromatic nitrogens is 1. The summed E-state index contributed by atoms with van der Waals surface area (Å²) >= 11 is 0. The van der Waals surface area contributed by atoms with Gasteiger partial charge >= 0.3 is 12.1 Å². The maximum Gasteiger partial charge on any atom is 0.419 e. The van der Waals surface area contributed by atoms with Crippen molar-refractivity contribution in [2.45, 2.75) is 65.2 Å². The summed E-state index contributed by atoms with van der Waals surface area (Å²) in [5.41, 5.74) is 6.35. The fourth-order valence-corrected chi connectivity index (χ4v) is 2.57. The van der Waals surface area contributed by atoms with Gasteiger partial charge < -0.3 is 15.2 Å². The minimum Gasteiger partial charge on any atom is -0.459 e. The summed E-state index contributed by atoms with van der Waals surface area (Å²) in [6.07, 6.45) is 1.49. The molecule has 0 aliphatic rings. The smallest absolute Gasteiger partial charge is 0.419 e. The fraction of sp³-hybridized carbons (Fsp3) is 0.500. The van der Waals surface area contributed by atoms with Gasteiger partial charge in [-0.1, -0.05) is 18.2 Å². The van der Waals surface area contributed by atoms with Crippen LogP contribution >= 0.6 is 0 Å². The number of para-hydroxylation sites is 1. The summed E-state index contributed by atoms with van der Waals surface area (Å²) in [4.78, 5) is 24.7. The van der Waals surface area contributed by atoms with Crippen LogP contribution in [0.1, 0.15) is 47.1 Å². The van der Waals surface area contributed by atoms with Gasteiger partial charge in [0, 0.05) is 18.0 Å². The van der Waals surface area contributed by atoms with Gasteiger partial charge in [-0.05, 0) is 53.2 Å². The van der Waals surface area contributed by atoms with E-state index in [2.05, 4.69) is 0 Å². The van der Waals surface area contributed by atoms with Crippen LogP contribution in [0.4, 0.5) is 4.79 Å². The number of hydrogen-bond donors (Lipinski definition) is 1. The first-order valence-electron chi connectivity index (χ1n) is 8.68. The number of fused-ring (bicyclic) bond motifs is 1. The minimum atomic E-state index is -0.813. The first kappa shape index (κ1) is 20.0. The Kier molecular flexibility index (Phi) is 5.47. The Hall–Kier alpha value is -2.34. The maximum atomic E-state index is 12.5. The van der Waals surface area contributed by atoms with E-state index in [0.717, 1.165) is 10.9 Å². The number of hydrogen-bond acceptors (Lipinski definition) is 5. The Morgan fingerprint density at radius 2 is 1.62 bits per heavy atom. The van der Waals surface area contributed by atoms with Crippen LogP contribution < -0.4 is 5.73 Å². The summed E-state index contributed by atoms with van der Waals surface area (Å²) in [6, 6.07) is 6.65. The fourth-order valence-electron chi connectivity index (χ4n) is 2.57. The van der Waals surface area contributed by atoms with Crippen molar-refractivity contribution in [2.75, 3.05) is 0 Å². The molecule has 2 aromatic rings. The van der Waals surface area contributed by atoms with Gasteiger partial charge in [0.15, 0.2) is 0 Å². The second-order valence-electron chi connectivity index (χ2n) is 8.37. The van der Waals surface area contributed by atoms with Crippen LogP contribution in [0.15, 0.2) is 30.5 Å². The lowest BCUT2D eigenvalue weighted by Gasteiger charge is -2.22. The van der Waals surface area contributed by atoms with Crippen LogP contribution in [0.5, 0.6) is 0 Å². The molecular formula is C20H28N2O4. The molecule has 2 rings (SSSR count). The van der Waals surface area contributed by atoms with Gasteiger partial charge in [0.25, 0.3) is 0 Å². The first-order valence-corrected chi connectivity index (χ1v) is 8.68. The summed E-state index contributed by atoms with van der Waals surface area (Å²) < 4.78 is 12.3. The highest BCUT2D eigenvalue weighted by atomic mass is 16.6. The molecule has 0 aliphatic heterocycles. The Bertz CT molecular complexity index is 809.